The second kappa shape index (κ2) is 5.36. The molecule has 0 aliphatic carbocycles. The third-order valence-electron chi connectivity index (χ3n) is 2.04. The Morgan fingerprint density at radius 2 is 2.41 bits per heavy atom. The lowest BCUT2D eigenvalue weighted by atomic mass is 10.3. The van der Waals surface area contributed by atoms with E-state index in [4.69, 9.17) is 0 Å². The van der Waals surface area contributed by atoms with Crippen molar-refractivity contribution in [3.05, 3.63) is 52.0 Å². The van der Waals surface area contributed by atoms with Gasteiger partial charge >= 0.3 is 0 Å². The molecule has 2 heterocycles. The van der Waals surface area contributed by atoms with E-state index in [0.29, 0.717) is 11.3 Å². The average Bonchev–Trinajstić information content (AvgIpc) is 2.77. The van der Waals surface area contributed by atoms with Gasteiger partial charge in [0, 0.05) is 16.5 Å². The normalized spacial score (nSPS) is 10.6. The van der Waals surface area contributed by atoms with E-state index in [0.717, 1.165) is 4.88 Å². The molecule has 86 valence electrons. The number of hydrogen-bond donors (Lipinski definition) is 1. The molecule has 1 amide bonds. The second-order valence-corrected chi connectivity index (χ2v) is 4.52. The predicted octanol–water partition coefficient (Wildman–Crippen LogP) is 2.22. The molecule has 2 aromatic rings. The fraction of sp³-hybridized carbons (Fsp3) is 0.0833. The molecule has 17 heavy (non-hydrogen) atoms. The monoisotopic (exact) mass is 245 g/mol. The number of nitrogens with zero attached hydrogens (tertiary/aromatic N) is 2. The highest BCUT2D eigenvalue weighted by Gasteiger charge is 2.05. The van der Waals surface area contributed by atoms with E-state index in [2.05, 4.69) is 15.5 Å². The van der Waals surface area contributed by atoms with Crippen molar-refractivity contribution < 1.29 is 4.79 Å². The van der Waals surface area contributed by atoms with Crippen molar-refractivity contribution in [3.8, 4) is 0 Å². The number of thiophene rings is 1. The van der Waals surface area contributed by atoms with E-state index in [1.165, 1.54) is 17.6 Å². The fourth-order valence-corrected chi connectivity index (χ4v) is 1.92. The molecule has 0 unspecified atom stereocenters. The maximum absolute atomic E-state index is 11.6. The molecule has 0 atom stereocenters. The van der Waals surface area contributed by atoms with Crippen LogP contribution in [0.3, 0.4) is 0 Å². The number of pyridine rings is 1. The minimum atomic E-state index is -0.207. The first-order chi connectivity index (χ1) is 8.25. The van der Waals surface area contributed by atoms with E-state index in [1.807, 2.05) is 31.2 Å². The zero-order valence-electron chi connectivity index (χ0n) is 9.25. The van der Waals surface area contributed by atoms with Gasteiger partial charge in [-0.15, -0.1) is 11.3 Å². The molecule has 0 bridgehead atoms. The van der Waals surface area contributed by atoms with E-state index in [9.17, 15) is 4.79 Å². The highest BCUT2D eigenvalue weighted by molar-refractivity contribution is 7.10. The van der Waals surface area contributed by atoms with Crippen LogP contribution in [0.5, 0.6) is 0 Å². The SMILES string of the molecule is Cc1cc(C(=O)N/N=C\c2ccccn2)cs1. The van der Waals surface area contributed by atoms with E-state index >= 15 is 0 Å². The number of rotatable bonds is 3. The third kappa shape index (κ3) is 3.22. The maximum atomic E-state index is 11.6. The summed E-state index contributed by atoms with van der Waals surface area (Å²) < 4.78 is 0. The topological polar surface area (TPSA) is 54.4 Å². The fourth-order valence-electron chi connectivity index (χ4n) is 1.24. The molecule has 0 fully saturated rings. The van der Waals surface area contributed by atoms with Crippen LogP contribution >= 0.6 is 11.3 Å². The molecule has 0 radical (unpaired) electrons. The van der Waals surface area contributed by atoms with Crippen molar-refractivity contribution in [1.82, 2.24) is 10.4 Å². The Hall–Kier alpha value is -2.01. The first-order valence-electron chi connectivity index (χ1n) is 5.05. The first kappa shape index (κ1) is 11.5. The van der Waals surface area contributed by atoms with Crippen LogP contribution in [0.15, 0.2) is 40.9 Å². The summed E-state index contributed by atoms with van der Waals surface area (Å²) in [5, 5.41) is 5.65. The van der Waals surface area contributed by atoms with Gasteiger partial charge in [-0.1, -0.05) is 6.07 Å². The maximum Gasteiger partial charge on any atom is 0.272 e. The van der Waals surface area contributed by atoms with Gasteiger partial charge in [0.2, 0.25) is 0 Å². The van der Waals surface area contributed by atoms with Gasteiger partial charge < -0.3 is 0 Å². The molecule has 0 saturated carbocycles. The second-order valence-electron chi connectivity index (χ2n) is 3.40. The van der Waals surface area contributed by atoms with E-state index in [-0.39, 0.29) is 5.91 Å². The summed E-state index contributed by atoms with van der Waals surface area (Å²) in [7, 11) is 0. The summed E-state index contributed by atoms with van der Waals surface area (Å²) in [5.41, 5.74) is 3.79. The van der Waals surface area contributed by atoms with Crippen molar-refractivity contribution in [3.63, 3.8) is 0 Å². The minimum Gasteiger partial charge on any atom is -0.267 e. The number of amides is 1. The summed E-state index contributed by atoms with van der Waals surface area (Å²) in [6.45, 7) is 1.96. The number of carbonyl (C=O) groups excluding carboxylic acids is 1. The van der Waals surface area contributed by atoms with Crippen LogP contribution in [-0.2, 0) is 0 Å². The number of aryl methyl sites for hydroxylation is 1. The minimum absolute atomic E-state index is 0.207. The lowest BCUT2D eigenvalue weighted by molar-refractivity contribution is 0.0955. The molecule has 0 spiro atoms. The Bertz CT molecular complexity index is 534. The Morgan fingerprint density at radius 1 is 1.53 bits per heavy atom. The van der Waals surface area contributed by atoms with Crippen molar-refractivity contribution in [2.24, 2.45) is 5.10 Å². The lowest BCUT2D eigenvalue weighted by Crippen LogP contribution is -2.16. The summed E-state index contributed by atoms with van der Waals surface area (Å²) in [6.07, 6.45) is 3.18. The van der Waals surface area contributed by atoms with Gasteiger partial charge in [0.15, 0.2) is 0 Å². The number of hydrogen-bond acceptors (Lipinski definition) is 4. The molecular weight excluding hydrogens is 234 g/mol. The molecule has 4 nitrogen and oxygen atoms in total. The predicted molar refractivity (Wildman–Crippen MR) is 68.4 cm³/mol. The van der Waals surface area contributed by atoms with Gasteiger partial charge in [-0.05, 0) is 25.1 Å². The van der Waals surface area contributed by atoms with Gasteiger partial charge in [-0.2, -0.15) is 5.10 Å². The highest BCUT2D eigenvalue weighted by atomic mass is 32.1. The molecule has 1 N–H and O–H groups in total. The van der Waals surface area contributed by atoms with E-state index in [1.54, 1.807) is 11.6 Å². The van der Waals surface area contributed by atoms with Crippen LogP contribution in [-0.4, -0.2) is 17.1 Å². The number of aromatic nitrogens is 1. The van der Waals surface area contributed by atoms with Crippen molar-refractivity contribution >= 4 is 23.5 Å². The smallest absolute Gasteiger partial charge is 0.267 e. The Kier molecular flexibility index (Phi) is 3.62. The van der Waals surface area contributed by atoms with Crippen LogP contribution in [0.4, 0.5) is 0 Å². The molecule has 2 aromatic heterocycles. The zero-order valence-corrected chi connectivity index (χ0v) is 10.1. The Balaban J connectivity index is 1.95. The standard InChI is InChI=1S/C12H11N3OS/c1-9-6-10(8-17-9)12(16)15-14-7-11-4-2-3-5-13-11/h2-8H,1H3,(H,15,16)/b14-7-. The van der Waals surface area contributed by atoms with Crippen molar-refractivity contribution in [2.45, 2.75) is 6.92 Å². The van der Waals surface area contributed by atoms with Crippen LogP contribution in [0.2, 0.25) is 0 Å². The lowest BCUT2D eigenvalue weighted by Gasteiger charge is -1.95. The highest BCUT2D eigenvalue weighted by Crippen LogP contribution is 2.12. The molecular formula is C12H11N3OS. The number of nitrogens with one attached hydrogen (secondary N) is 1. The zero-order chi connectivity index (χ0) is 12.1. The molecule has 0 saturated heterocycles. The number of hydrazone groups is 1. The van der Waals surface area contributed by atoms with Crippen LogP contribution < -0.4 is 5.43 Å². The molecule has 0 aromatic carbocycles. The third-order valence-corrected chi connectivity index (χ3v) is 2.90. The van der Waals surface area contributed by atoms with Crippen molar-refractivity contribution in [2.75, 3.05) is 0 Å². The van der Waals surface area contributed by atoms with E-state index < -0.39 is 0 Å². The molecule has 0 aliphatic heterocycles. The number of carbonyl (C=O) groups is 1. The largest absolute Gasteiger partial charge is 0.272 e. The van der Waals surface area contributed by atoms with Gasteiger partial charge in [0.25, 0.3) is 5.91 Å². The first-order valence-corrected chi connectivity index (χ1v) is 5.93. The van der Waals surface area contributed by atoms with Crippen LogP contribution in [0.1, 0.15) is 20.9 Å². The molecule has 2 rings (SSSR count). The average molecular weight is 245 g/mol. The van der Waals surface area contributed by atoms with Crippen molar-refractivity contribution in [1.29, 1.82) is 0 Å². The van der Waals surface area contributed by atoms with Crippen LogP contribution in [0, 0.1) is 6.92 Å². The molecule has 5 heteroatoms. The Labute approximate surface area is 103 Å². The quantitative estimate of drug-likeness (QED) is 0.666. The van der Waals surface area contributed by atoms with Crippen LogP contribution in [0.25, 0.3) is 0 Å². The summed E-state index contributed by atoms with van der Waals surface area (Å²) in [4.78, 5) is 16.8. The Morgan fingerprint density at radius 3 is 3.06 bits per heavy atom. The summed E-state index contributed by atoms with van der Waals surface area (Å²) in [6, 6.07) is 7.32. The van der Waals surface area contributed by atoms with Gasteiger partial charge in [0.05, 0.1) is 17.5 Å². The summed E-state index contributed by atoms with van der Waals surface area (Å²) in [5.74, 6) is -0.207. The van der Waals surface area contributed by atoms with Gasteiger partial charge in [0.1, 0.15) is 0 Å². The van der Waals surface area contributed by atoms with Gasteiger partial charge in [-0.3, -0.25) is 9.78 Å². The summed E-state index contributed by atoms with van der Waals surface area (Å²) >= 11 is 1.54. The molecule has 0 aliphatic rings. The van der Waals surface area contributed by atoms with Gasteiger partial charge in [-0.25, -0.2) is 5.43 Å².